The lowest BCUT2D eigenvalue weighted by Crippen LogP contribution is -2.57. The predicted molar refractivity (Wildman–Crippen MR) is 146 cm³/mol. The van der Waals surface area contributed by atoms with Crippen LogP contribution >= 0.6 is 0 Å². The van der Waals surface area contributed by atoms with E-state index < -0.39 is 23.8 Å². The summed E-state index contributed by atoms with van der Waals surface area (Å²) in [5.74, 6) is -0.698. The fraction of sp³-hybridized carbons (Fsp3) is 0.690. The lowest BCUT2D eigenvalue weighted by molar-refractivity contribution is -0.146. The third-order valence-electron chi connectivity index (χ3n) is 6.26. The lowest BCUT2D eigenvalue weighted by Gasteiger charge is -2.39. The molecule has 0 heterocycles. The number of nitrogens with one attached hydrogen (secondary N) is 2. The Balaban J connectivity index is 3.52. The molecule has 7 nitrogen and oxygen atoms in total. The quantitative estimate of drug-likeness (QED) is 0.352. The van der Waals surface area contributed by atoms with Gasteiger partial charge in [-0.3, -0.25) is 9.59 Å². The van der Waals surface area contributed by atoms with E-state index in [-0.39, 0.29) is 23.8 Å². The first kappa shape index (κ1) is 31.5. The molecule has 1 rings (SSSR count). The van der Waals surface area contributed by atoms with E-state index in [4.69, 9.17) is 4.74 Å². The number of rotatable bonds is 12. The fourth-order valence-corrected chi connectivity index (χ4v) is 4.06. The second-order valence-electron chi connectivity index (χ2n) is 11.1. The number of hydrogen-bond acceptors (Lipinski definition) is 4. The lowest BCUT2D eigenvalue weighted by atomic mass is 9.93. The zero-order valence-electron chi connectivity index (χ0n) is 24.2. The number of nitrogens with zero attached hydrogens (tertiary/aromatic N) is 1. The van der Waals surface area contributed by atoms with E-state index in [1.165, 1.54) is 0 Å². The second-order valence-corrected chi connectivity index (χ2v) is 11.1. The van der Waals surface area contributed by atoms with E-state index in [0.717, 1.165) is 36.0 Å². The molecule has 1 aromatic rings. The van der Waals surface area contributed by atoms with Gasteiger partial charge in [0, 0.05) is 12.6 Å². The summed E-state index contributed by atoms with van der Waals surface area (Å²) in [5, 5.41) is 5.85. The summed E-state index contributed by atoms with van der Waals surface area (Å²) in [6.07, 6.45) is 2.98. The van der Waals surface area contributed by atoms with Crippen molar-refractivity contribution in [3.05, 3.63) is 34.9 Å². The van der Waals surface area contributed by atoms with Crippen LogP contribution < -0.4 is 10.6 Å². The number of benzene rings is 1. The van der Waals surface area contributed by atoms with Gasteiger partial charge in [0.05, 0.1) is 0 Å². The summed E-state index contributed by atoms with van der Waals surface area (Å²) in [4.78, 5) is 42.2. The van der Waals surface area contributed by atoms with Crippen LogP contribution in [0.2, 0.25) is 0 Å². The first-order valence-corrected chi connectivity index (χ1v) is 13.4. The third kappa shape index (κ3) is 9.47. The molecule has 0 spiro atoms. The Morgan fingerprint density at radius 3 is 2.19 bits per heavy atom. The SMILES string of the molecule is CCCCCNC(=O)C(c1cc(C)ccc1C)N(C(=O)C(NC(=O)OC(C)(C)C)C(C)C)C(C)CC. The molecule has 3 amide bonds. The minimum Gasteiger partial charge on any atom is -0.444 e. The van der Waals surface area contributed by atoms with Crippen LogP contribution in [0.4, 0.5) is 4.79 Å². The highest BCUT2D eigenvalue weighted by atomic mass is 16.6. The maximum absolute atomic E-state index is 14.2. The van der Waals surface area contributed by atoms with Crippen LogP contribution in [0.25, 0.3) is 0 Å². The Labute approximate surface area is 218 Å². The first-order valence-electron chi connectivity index (χ1n) is 13.4. The molecule has 0 fully saturated rings. The third-order valence-corrected chi connectivity index (χ3v) is 6.26. The van der Waals surface area contributed by atoms with Crippen molar-refractivity contribution in [3.63, 3.8) is 0 Å². The van der Waals surface area contributed by atoms with Gasteiger partial charge >= 0.3 is 6.09 Å². The summed E-state index contributed by atoms with van der Waals surface area (Å²) in [7, 11) is 0. The smallest absolute Gasteiger partial charge is 0.408 e. The van der Waals surface area contributed by atoms with Gasteiger partial charge in [-0.1, -0.05) is 64.3 Å². The molecule has 3 atom stereocenters. The van der Waals surface area contributed by atoms with Crippen LogP contribution in [0, 0.1) is 19.8 Å². The molecular formula is C29H49N3O4. The Kier molecular flexibility index (Phi) is 12.4. The zero-order valence-corrected chi connectivity index (χ0v) is 24.2. The molecule has 3 unspecified atom stereocenters. The summed E-state index contributed by atoms with van der Waals surface area (Å²) in [6.45, 7) is 19.7. The van der Waals surface area contributed by atoms with Gasteiger partial charge in [0.1, 0.15) is 17.7 Å². The van der Waals surface area contributed by atoms with Crippen molar-refractivity contribution in [2.24, 2.45) is 5.92 Å². The maximum atomic E-state index is 14.2. The van der Waals surface area contributed by atoms with Crippen molar-refractivity contribution in [3.8, 4) is 0 Å². The average Bonchev–Trinajstić information content (AvgIpc) is 2.78. The van der Waals surface area contributed by atoms with E-state index in [2.05, 4.69) is 17.6 Å². The molecule has 0 aliphatic carbocycles. The van der Waals surface area contributed by atoms with Crippen molar-refractivity contribution in [2.75, 3.05) is 6.54 Å². The van der Waals surface area contributed by atoms with E-state index >= 15 is 0 Å². The van der Waals surface area contributed by atoms with E-state index in [1.807, 2.05) is 59.7 Å². The van der Waals surface area contributed by atoms with Crippen LogP contribution in [0.15, 0.2) is 18.2 Å². The molecule has 0 aliphatic rings. The van der Waals surface area contributed by atoms with Crippen molar-refractivity contribution < 1.29 is 19.1 Å². The molecule has 1 aromatic carbocycles. The normalized spacial score (nSPS) is 14.1. The van der Waals surface area contributed by atoms with Crippen LogP contribution in [0.3, 0.4) is 0 Å². The highest BCUT2D eigenvalue weighted by Gasteiger charge is 2.40. The molecule has 0 aromatic heterocycles. The Morgan fingerprint density at radius 1 is 1.03 bits per heavy atom. The molecule has 7 heteroatoms. The minimum absolute atomic E-state index is 0.201. The molecule has 204 valence electrons. The zero-order chi connectivity index (χ0) is 27.6. The Bertz CT molecular complexity index is 876. The number of aryl methyl sites for hydroxylation is 2. The summed E-state index contributed by atoms with van der Waals surface area (Å²) in [5.41, 5.74) is 2.07. The number of alkyl carbamates (subject to hydrolysis) is 1. The predicted octanol–water partition coefficient (Wildman–Crippen LogP) is 5.83. The molecule has 2 N–H and O–H groups in total. The molecule has 0 saturated carbocycles. The molecule has 0 radical (unpaired) electrons. The van der Waals surface area contributed by atoms with Crippen LogP contribution in [0.1, 0.15) is 104 Å². The van der Waals surface area contributed by atoms with Gasteiger partial charge in [-0.15, -0.1) is 0 Å². The number of ether oxygens (including phenoxy) is 1. The number of unbranched alkanes of at least 4 members (excludes halogenated alkanes) is 2. The molecule has 0 saturated heterocycles. The Hall–Kier alpha value is -2.57. The topological polar surface area (TPSA) is 87.7 Å². The van der Waals surface area contributed by atoms with E-state index in [9.17, 15) is 14.4 Å². The highest BCUT2D eigenvalue weighted by molar-refractivity contribution is 5.92. The number of amides is 3. The van der Waals surface area contributed by atoms with Gasteiger partial charge < -0.3 is 20.3 Å². The second kappa shape index (κ2) is 14.2. The van der Waals surface area contributed by atoms with Gasteiger partial charge in [-0.05, 0) is 71.4 Å². The largest absolute Gasteiger partial charge is 0.444 e. The van der Waals surface area contributed by atoms with Crippen molar-refractivity contribution in [2.45, 2.75) is 119 Å². The molecule has 36 heavy (non-hydrogen) atoms. The van der Waals surface area contributed by atoms with Crippen LogP contribution in [-0.2, 0) is 14.3 Å². The number of carbonyl (C=O) groups is 3. The van der Waals surface area contributed by atoms with Crippen molar-refractivity contribution in [1.29, 1.82) is 0 Å². The molecule has 0 aliphatic heterocycles. The monoisotopic (exact) mass is 503 g/mol. The van der Waals surface area contributed by atoms with Gasteiger partial charge in [-0.25, -0.2) is 4.79 Å². The average molecular weight is 504 g/mol. The summed E-state index contributed by atoms with van der Waals surface area (Å²) < 4.78 is 5.44. The summed E-state index contributed by atoms with van der Waals surface area (Å²) >= 11 is 0. The summed E-state index contributed by atoms with van der Waals surface area (Å²) in [6, 6.07) is 4.10. The van der Waals surface area contributed by atoms with Crippen molar-refractivity contribution in [1.82, 2.24) is 15.5 Å². The Morgan fingerprint density at radius 2 is 1.67 bits per heavy atom. The van der Waals surface area contributed by atoms with Gasteiger partial charge in [0.15, 0.2) is 0 Å². The van der Waals surface area contributed by atoms with Crippen LogP contribution in [0.5, 0.6) is 0 Å². The van der Waals surface area contributed by atoms with E-state index in [0.29, 0.717) is 13.0 Å². The number of hydrogen-bond donors (Lipinski definition) is 2. The van der Waals surface area contributed by atoms with Gasteiger partial charge in [0.25, 0.3) is 0 Å². The minimum atomic E-state index is -0.839. The number of carbonyl (C=O) groups excluding carboxylic acids is 3. The first-order chi connectivity index (χ1) is 16.7. The highest BCUT2D eigenvalue weighted by Crippen LogP contribution is 2.30. The van der Waals surface area contributed by atoms with Crippen molar-refractivity contribution >= 4 is 17.9 Å². The van der Waals surface area contributed by atoms with E-state index in [1.54, 1.807) is 25.7 Å². The molecular weight excluding hydrogens is 454 g/mol. The standard InChI is InChI=1S/C29H49N3O4/c1-11-13-14-17-30-26(33)25(23-18-20(5)15-16-21(23)6)32(22(7)12-2)27(34)24(19(3)4)31-28(35)36-29(8,9)10/h15-16,18-19,22,24-25H,11-14,17H2,1-10H3,(H,30,33)(H,31,35). The van der Waals surface area contributed by atoms with Gasteiger partial charge in [0.2, 0.25) is 11.8 Å². The fourth-order valence-electron chi connectivity index (χ4n) is 4.06. The van der Waals surface area contributed by atoms with Gasteiger partial charge in [-0.2, -0.15) is 0 Å². The molecule has 0 bridgehead atoms. The van der Waals surface area contributed by atoms with Crippen LogP contribution in [-0.4, -0.2) is 47.0 Å². The maximum Gasteiger partial charge on any atom is 0.408 e.